The average molecular weight is 270 g/mol. The minimum absolute atomic E-state index is 0.0181. The van der Waals surface area contributed by atoms with E-state index in [1.807, 2.05) is 0 Å². The molecular weight excluding hydrogens is 256 g/mol. The fourth-order valence-electron chi connectivity index (χ4n) is 1.92. The first-order chi connectivity index (χ1) is 8.95. The molecule has 4 atom stereocenters. The third-order valence-corrected chi connectivity index (χ3v) is 3.02. The van der Waals surface area contributed by atoms with E-state index in [1.165, 1.54) is 12.3 Å². The van der Waals surface area contributed by atoms with Gasteiger partial charge >= 0.3 is 5.69 Å². The molecule has 0 amide bonds. The fourth-order valence-corrected chi connectivity index (χ4v) is 1.92. The van der Waals surface area contributed by atoms with Crippen molar-refractivity contribution in [1.29, 1.82) is 0 Å². The first kappa shape index (κ1) is 13.6. The van der Waals surface area contributed by atoms with E-state index in [1.54, 1.807) is 0 Å². The van der Waals surface area contributed by atoms with Crippen molar-refractivity contribution in [2.24, 2.45) is 4.99 Å². The SMILES string of the molecule is C=N[C@]1(CO)O[C@@H](n2ccc(N)nc2=O)C(O)C1O. The molecular formula is C10H14N4O5. The molecule has 0 bridgehead atoms. The smallest absolute Gasteiger partial charge is 0.351 e. The lowest BCUT2D eigenvalue weighted by molar-refractivity contribution is -0.123. The normalized spacial score (nSPS) is 34.4. The first-order valence-electron chi connectivity index (χ1n) is 5.42. The van der Waals surface area contributed by atoms with E-state index in [0.717, 1.165) is 4.57 Å². The maximum atomic E-state index is 11.7. The topological polar surface area (TPSA) is 143 Å². The molecule has 1 fully saturated rings. The molecule has 5 N–H and O–H groups in total. The molecule has 0 aromatic carbocycles. The van der Waals surface area contributed by atoms with Crippen LogP contribution in [0.2, 0.25) is 0 Å². The summed E-state index contributed by atoms with van der Waals surface area (Å²) >= 11 is 0. The molecule has 9 heteroatoms. The van der Waals surface area contributed by atoms with Gasteiger partial charge in [-0.1, -0.05) is 0 Å². The van der Waals surface area contributed by atoms with Gasteiger partial charge in [0.05, 0.1) is 6.61 Å². The van der Waals surface area contributed by atoms with Gasteiger partial charge in [-0.3, -0.25) is 9.56 Å². The molecule has 1 aromatic heterocycles. The lowest BCUT2D eigenvalue weighted by Gasteiger charge is -2.24. The van der Waals surface area contributed by atoms with Crippen LogP contribution in [0, 0.1) is 0 Å². The van der Waals surface area contributed by atoms with E-state index in [4.69, 9.17) is 10.5 Å². The molecule has 2 unspecified atom stereocenters. The lowest BCUT2D eigenvalue weighted by atomic mass is 10.1. The molecule has 1 aliphatic rings. The van der Waals surface area contributed by atoms with Gasteiger partial charge in [-0.2, -0.15) is 4.98 Å². The van der Waals surface area contributed by atoms with Gasteiger partial charge < -0.3 is 25.8 Å². The third-order valence-electron chi connectivity index (χ3n) is 3.02. The third kappa shape index (κ3) is 2.02. The van der Waals surface area contributed by atoms with Gasteiger partial charge in [0, 0.05) is 6.20 Å². The molecule has 1 aliphatic heterocycles. The Balaban J connectivity index is 2.42. The maximum Gasteiger partial charge on any atom is 0.351 e. The van der Waals surface area contributed by atoms with Gasteiger partial charge in [0.1, 0.15) is 18.0 Å². The maximum absolute atomic E-state index is 11.7. The Morgan fingerprint density at radius 1 is 1.63 bits per heavy atom. The Hall–Kier alpha value is -1.81. The van der Waals surface area contributed by atoms with Crippen molar-refractivity contribution in [3.05, 3.63) is 22.7 Å². The number of aliphatic hydroxyl groups is 3. The van der Waals surface area contributed by atoms with Crippen LogP contribution in [-0.2, 0) is 4.74 Å². The monoisotopic (exact) mass is 270 g/mol. The number of hydrogen-bond acceptors (Lipinski definition) is 8. The van der Waals surface area contributed by atoms with Crippen molar-refractivity contribution in [3.8, 4) is 0 Å². The van der Waals surface area contributed by atoms with Gasteiger partial charge in [0.2, 0.25) is 5.72 Å². The molecule has 2 rings (SSSR count). The van der Waals surface area contributed by atoms with Crippen LogP contribution in [0.1, 0.15) is 6.23 Å². The van der Waals surface area contributed by atoms with Gasteiger partial charge in [-0.05, 0) is 12.8 Å². The van der Waals surface area contributed by atoms with Gasteiger partial charge in [0.15, 0.2) is 6.23 Å². The van der Waals surface area contributed by atoms with Crippen LogP contribution in [-0.4, -0.2) is 56.1 Å². The molecule has 104 valence electrons. The molecule has 0 radical (unpaired) electrons. The molecule has 9 nitrogen and oxygen atoms in total. The summed E-state index contributed by atoms with van der Waals surface area (Å²) in [4.78, 5) is 18.6. The largest absolute Gasteiger partial charge is 0.391 e. The summed E-state index contributed by atoms with van der Waals surface area (Å²) in [5, 5.41) is 29.0. The number of aromatic nitrogens is 2. The van der Waals surface area contributed by atoms with Crippen molar-refractivity contribution < 1.29 is 20.1 Å². The second-order valence-corrected chi connectivity index (χ2v) is 4.15. The molecule has 2 heterocycles. The molecule has 0 aliphatic carbocycles. The highest BCUT2D eigenvalue weighted by Gasteiger charge is 2.54. The predicted molar refractivity (Wildman–Crippen MR) is 64.4 cm³/mol. The second-order valence-electron chi connectivity index (χ2n) is 4.15. The van der Waals surface area contributed by atoms with Crippen molar-refractivity contribution in [1.82, 2.24) is 9.55 Å². The standard InChI is InChI=1S/C10H14N4O5/c1-12-10(4-15)7(17)6(16)8(19-10)14-3-2-5(11)13-9(14)18/h2-3,6-8,15-17H,1,4H2,(H2,11,13,18)/t6?,7?,8-,10-/m1/s1. The first-order valence-corrected chi connectivity index (χ1v) is 5.42. The van der Waals surface area contributed by atoms with E-state index in [-0.39, 0.29) is 5.82 Å². The summed E-state index contributed by atoms with van der Waals surface area (Å²) in [5.41, 5.74) is 2.82. The zero-order valence-electron chi connectivity index (χ0n) is 9.88. The number of aliphatic imine (C=N–C) groups is 1. The lowest BCUT2D eigenvalue weighted by Crippen LogP contribution is -2.44. The summed E-state index contributed by atoms with van der Waals surface area (Å²) in [6.45, 7) is 2.51. The minimum atomic E-state index is -1.77. The van der Waals surface area contributed by atoms with E-state index in [0.29, 0.717) is 0 Å². The summed E-state index contributed by atoms with van der Waals surface area (Å²) in [6.07, 6.45) is -2.97. The van der Waals surface area contributed by atoms with Crippen molar-refractivity contribution in [2.75, 3.05) is 12.3 Å². The fraction of sp³-hybridized carbons (Fsp3) is 0.500. The number of anilines is 1. The van der Waals surface area contributed by atoms with E-state index >= 15 is 0 Å². The molecule has 1 saturated heterocycles. The molecule has 0 saturated carbocycles. The molecule has 0 spiro atoms. The summed E-state index contributed by atoms with van der Waals surface area (Å²) in [6, 6.07) is 1.34. The zero-order valence-corrected chi connectivity index (χ0v) is 9.88. The van der Waals surface area contributed by atoms with Crippen molar-refractivity contribution >= 4 is 12.5 Å². The molecule has 1 aromatic rings. The van der Waals surface area contributed by atoms with Crippen LogP contribution >= 0.6 is 0 Å². The van der Waals surface area contributed by atoms with E-state index in [2.05, 4.69) is 16.7 Å². The number of rotatable bonds is 3. The Morgan fingerprint density at radius 3 is 2.79 bits per heavy atom. The number of nitrogens with two attached hydrogens (primary N) is 1. The van der Waals surface area contributed by atoms with Gasteiger partial charge in [-0.25, -0.2) is 4.79 Å². The van der Waals surface area contributed by atoms with Crippen LogP contribution < -0.4 is 11.4 Å². The predicted octanol–water partition coefficient (Wildman–Crippen LogP) is -2.53. The highest BCUT2D eigenvalue weighted by Crippen LogP contribution is 2.36. The highest BCUT2D eigenvalue weighted by molar-refractivity contribution is 5.27. The number of nitrogens with zero attached hydrogens (tertiary/aromatic N) is 3. The van der Waals surface area contributed by atoms with Crippen molar-refractivity contribution in [2.45, 2.75) is 24.2 Å². The van der Waals surface area contributed by atoms with E-state index in [9.17, 15) is 20.1 Å². The van der Waals surface area contributed by atoms with Gasteiger partial charge in [0.25, 0.3) is 0 Å². The summed E-state index contributed by atoms with van der Waals surface area (Å²) < 4.78 is 6.23. The summed E-state index contributed by atoms with van der Waals surface area (Å²) in [5.74, 6) is 0.0181. The second kappa shape index (κ2) is 4.70. The number of nitrogen functional groups attached to an aromatic ring is 1. The minimum Gasteiger partial charge on any atom is -0.391 e. The van der Waals surface area contributed by atoms with Crippen LogP contribution in [0.15, 0.2) is 22.1 Å². The Kier molecular flexibility index (Phi) is 3.37. The average Bonchev–Trinajstić information content (AvgIpc) is 2.64. The summed E-state index contributed by atoms with van der Waals surface area (Å²) in [7, 11) is 0. The highest BCUT2D eigenvalue weighted by atomic mass is 16.6. The zero-order chi connectivity index (χ0) is 14.2. The Labute approximate surface area is 107 Å². The number of hydrogen-bond donors (Lipinski definition) is 4. The van der Waals surface area contributed by atoms with E-state index < -0.39 is 36.5 Å². The van der Waals surface area contributed by atoms with Crippen LogP contribution in [0.5, 0.6) is 0 Å². The van der Waals surface area contributed by atoms with Crippen LogP contribution in [0.3, 0.4) is 0 Å². The van der Waals surface area contributed by atoms with Crippen LogP contribution in [0.25, 0.3) is 0 Å². The molecule has 19 heavy (non-hydrogen) atoms. The van der Waals surface area contributed by atoms with Crippen LogP contribution in [0.4, 0.5) is 5.82 Å². The van der Waals surface area contributed by atoms with Gasteiger partial charge in [-0.15, -0.1) is 0 Å². The number of ether oxygens (including phenoxy) is 1. The Bertz CT molecular complexity index is 547. The Morgan fingerprint density at radius 2 is 2.32 bits per heavy atom. The number of aliphatic hydroxyl groups excluding tert-OH is 3. The quantitative estimate of drug-likeness (QED) is 0.443. The van der Waals surface area contributed by atoms with Crippen molar-refractivity contribution in [3.63, 3.8) is 0 Å².